The van der Waals surface area contributed by atoms with Gasteiger partial charge in [0.25, 0.3) is 0 Å². The number of hydrogen-bond acceptors (Lipinski definition) is 3. The zero-order valence-corrected chi connectivity index (χ0v) is 15.1. The first-order valence-electron chi connectivity index (χ1n) is 8.69. The zero-order valence-electron chi connectivity index (χ0n) is 15.1. The van der Waals surface area contributed by atoms with E-state index in [0.717, 1.165) is 18.9 Å². The summed E-state index contributed by atoms with van der Waals surface area (Å²) in [6, 6.07) is 4.32. The van der Waals surface area contributed by atoms with Crippen molar-refractivity contribution >= 4 is 12.6 Å². The highest BCUT2D eigenvalue weighted by molar-refractivity contribution is 6.62. The van der Waals surface area contributed by atoms with E-state index in [1.165, 1.54) is 6.07 Å². The largest absolute Gasteiger partial charge is 0.494 e. The Hall–Kier alpha value is -1.05. The summed E-state index contributed by atoms with van der Waals surface area (Å²) in [6.07, 6.45) is -2.57. The molecular formula is C18H24BF3O3. The number of alkyl halides is 3. The Kier molecular flexibility index (Phi) is 4.71. The summed E-state index contributed by atoms with van der Waals surface area (Å²) in [5.41, 5.74) is -1.27. The summed E-state index contributed by atoms with van der Waals surface area (Å²) in [7, 11) is -0.813. The lowest BCUT2D eigenvalue weighted by molar-refractivity contribution is -0.140. The molecule has 25 heavy (non-hydrogen) atoms. The van der Waals surface area contributed by atoms with Gasteiger partial charge in [0.05, 0.1) is 22.9 Å². The van der Waals surface area contributed by atoms with E-state index >= 15 is 0 Å². The van der Waals surface area contributed by atoms with Crippen LogP contribution >= 0.6 is 0 Å². The summed E-state index contributed by atoms with van der Waals surface area (Å²) < 4.78 is 58.2. The maximum absolute atomic E-state index is 13.6. The van der Waals surface area contributed by atoms with Crippen molar-refractivity contribution in [3.63, 3.8) is 0 Å². The minimum atomic E-state index is -4.45. The van der Waals surface area contributed by atoms with Crippen molar-refractivity contribution in [1.82, 2.24) is 0 Å². The van der Waals surface area contributed by atoms with Crippen LogP contribution in [0.4, 0.5) is 13.2 Å². The highest BCUT2D eigenvalue weighted by Crippen LogP contribution is 2.40. The van der Waals surface area contributed by atoms with Gasteiger partial charge >= 0.3 is 13.3 Å². The van der Waals surface area contributed by atoms with Gasteiger partial charge < -0.3 is 14.0 Å². The van der Waals surface area contributed by atoms with E-state index in [0.29, 0.717) is 18.5 Å². The van der Waals surface area contributed by atoms with Gasteiger partial charge in [0.2, 0.25) is 0 Å². The quantitative estimate of drug-likeness (QED) is 0.742. The van der Waals surface area contributed by atoms with Gasteiger partial charge in [-0.25, -0.2) is 0 Å². The van der Waals surface area contributed by atoms with Gasteiger partial charge in [-0.05, 0) is 64.1 Å². The molecule has 0 N–H and O–H groups in total. The summed E-state index contributed by atoms with van der Waals surface area (Å²) in [5, 5.41) is 0. The van der Waals surface area contributed by atoms with Crippen LogP contribution in [0.1, 0.15) is 64.2 Å². The molecule has 2 aliphatic rings. The Balaban J connectivity index is 1.95. The Bertz CT molecular complexity index is 621. The highest BCUT2D eigenvalue weighted by Gasteiger charge is 2.52. The highest BCUT2D eigenvalue weighted by atomic mass is 19.4. The van der Waals surface area contributed by atoms with Gasteiger partial charge in [-0.15, -0.1) is 0 Å². The van der Waals surface area contributed by atoms with Gasteiger partial charge in [0.15, 0.2) is 0 Å². The van der Waals surface area contributed by atoms with Gasteiger partial charge in [-0.1, -0.05) is 12.1 Å². The van der Waals surface area contributed by atoms with Crippen LogP contribution in [0.2, 0.25) is 0 Å². The van der Waals surface area contributed by atoms with Crippen LogP contribution < -0.4 is 5.46 Å². The van der Waals surface area contributed by atoms with Crippen molar-refractivity contribution in [3.05, 3.63) is 29.3 Å². The predicted octanol–water partition coefficient (Wildman–Crippen LogP) is 4.25. The first-order valence-corrected chi connectivity index (χ1v) is 8.69. The van der Waals surface area contributed by atoms with Crippen molar-refractivity contribution in [2.24, 2.45) is 0 Å². The molecule has 0 aliphatic carbocycles. The van der Waals surface area contributed by atoms with E-state index in [1.54, 1.807) is 6.07 Å². The Morgan fingerprint density at radius 1 is 1.04 bits per heavy atom. The van der Waals surface area contributed by atoms with Gasteiger partial charge in [0, 0.05) is 6.61 Å². The van der Waals surface area contributed by atoms with E-state index in [4.69, 9.17) is 14.0 Å². The average Bonchev–Trinajstić information content (AvgIpc) is 2.75. The second-order valence-electron chi connectivity index (χ2n) is 7.79. The molecule has 2 heterocycles. The third kappa shape index (κ3) is 3.59. The molecule has 2 saturated heterocycles. The van der Waals surface area contributed by atoms with Crippen LogP contribution in [0.5, 0.6) is 0 Å². The molecule has 2 aliphatic heterocycles. The van der Waals surface area contributed by atoms with Crippen LogP contribution in [0.15, 0.2) is 18.2 Å². The van der Waals surface area contributed by atoms with Crippen LogP contribution in [0.25, 0.3) is 0 Å². The molecule has 1 unspecified atom stereocenters. The number of ether oxygens (including phenoxy) is 1. The molecule has 3 rings (SSSR count). The molecule has 0 spiro atoms. The molecule has 1 aromatic carbocycles. The second kappa shape index (κ2) is 6.29. The van der Waals surface area contributed by atoms with E-state index in [2.05, 4.69) is 0 Å². The molecule has 0 radical (unpaired) electrons. The zero-order chi connectivity index (χ0) is 18.5. The molecule has 7 heteroatoms. The number of hydrogen-bond donors (Lipinski definition) is 0. The molecule has 138 valence electrons. The molecule has 3 nitrogen and oxygen atoms in total. The molecular weight excluding hydrogens is 332 g/mol. The maximum atomic E-state index is 13.6. The first-order chi connectivity index (χ1) is 11.5. The number of rotatable bonds is 2. The van der Waals surface area contributed by atoms with E-state index < -0.39 is 36.2 Å². The molecule has 1 aromatic rings. The van der Waals surface area contributed by atoms with Gasteiger partial charge in [-0.2, -0.15) is 13.2 Å². The van der Waals surface area contributed by atoms with Gasteiger partial charge in [0.1, 0.15) is 0 Å². The van der Waals surface area contributed by atoms with E-state index in [9.17, 15) is 13.2 Å². The average molecular weight is 356 g/mol. The van der Waals surface area contributed by atoms with Crippen molar-refractivity contribution in [3.8, 4) is 0 Å². The molecule has 1 atom stereocenters. The Morgan fingerprint density at radius 2 is 1.68 bits per heavy atom. The van der Waals surface area contributed by atoms with Crippen LogP contribution in [0.3, 0.4) is 0 Å². The topological polar surface area (TPSA) is 27.7 Å². The smallest absolute Gasteiger partial charge is 0.399 e. The lowest BCUT2D eigenvalue weighted by Crippen LogP contribution is -2.41. The molecule has 0 bridgehead atoms. The molecule has 0 amide bonds. The third-order valence-electron chi connectivity index (χ3n) is 5.43. The monoisotopic (exact) mass is 356 g/mol. The van der Waals surface area contributed by atoms with Crippen molar-refractivity contribution in [2.75, 3.05) is 6.61 Å². The van der Waals surface area contributed by atoms with Crippen LogP contribution in [-0.2, 0) is 20.2 Å². The second-order valence-corrected chi connectivity index (χ2v) is 7.79. The van der Waals surface area contributed by atoms with Crippen molar-refractivity contribution in [2.45, 2.75) is 70.4 Å². The standard InChI is InChI=1S/C18H24BF3O3/c1-16(2)17(3,4)25-19(24-16)12-8-9-13(14(11-12)18(20,21)22)15-7-5-6-10-23-15/h8-9,11,15H,5-7,10H2,1-4H3. The summed E-state index contributed by atoms with van der Waals surface area (Å²) >= 11 is 0. The van der Waals surface area contributed by atoms with E-state index in [1.807, 2.05) is 27.7 Å². The molecule has 0 aromatic heterocycles. The summed E-state index contributed by atoms with van der Waals surface area (Å²) in [4.78, 5) is 0. The molecule has 2 fully saturated rings. The number of benzene rings is 1. The number of halogens is 3. The van der Waals surface area contributed by atoms with Crippen molar-refractivity contribution < 1.29 is 27.2 Å². The fourth-order valence-electron chi connectivity index (χ4n) is 3.21. The first kappa shape index (κ1) is 18.7. The lowest BCUT2D eigenvalue weighted by Gasteiger charge is -2.32. The fraction of sp³-hybridized carbons (Fsp3) is 0.667. The lowest BCUT2D eigenvalue weighted by atomic mass is 9.77. The van der Waals surface area contributed by atoms with Crippen molar-refractivity contribution in [1.29, 1.82) is 0 Å². The normalized spacial score (nSPS) is 26.0. The summed E-state index contributed by atoms with van der Waals surface area (Å²) in [6.45, 7) is 8.01. The minimum Gasteiger partial charge on any atom is -0.399 e. The van der Waals surface area contributed by atoms with Crippen LogP contribution in [0, 0.1) is 0 Å². The SMILES string of the molecule is CC1(C)OB(c2ccc(C3CCCCO3)c(C(F)(F)F)c2)OC1(C)C. The third-order valence-corrected chi connectivity index (χ3v) is 5.43. The Labute approximate surface area is 147 Å². The van der Waals surface area contributed by atoms with Crippen LogP contribution in [-0.4, -0.2) is 24.9 Å². The van der Waals surface area contributed by atoms with Gasteiger partial charge in [-0.3, -0.25) is 0 Å². The van der Waals surface area contributed by atoms with E-state index in [-0.39, 0.29) is 5.56 Å². The summed E-state index contributed by atoms with van der Waals surface area (Å²) in [5.74, 6) is 0. The predicted molar refractivity (Wildman–Crippen MR) is 89.7 cm³/mol. The molecule has 0 saturated carbocycles. The fourth-order valence-corrected chi connectivity index (χ4v) is 3.21. The Morgan fingerprint density at radius 3 is 2.20 bits per heavy atom. The maximum Gasteiger partial charge on any atom is 0.494 e. The minimum absolute atomic E-state index is 0.201.